The van der Waals surface area contributed by atoms with E-state index in [4.69, 9.17) is 14.3 Å². The third-order valence-electron chi connectivity index (χ3n) is 0.185. The van der Waals surface area contributed by atoms with E-state index in [-0.39, 0.29) is 43.4 Å². The van der Waals surface area contributed by atoms with Crippen LogP contribution in [0.1, 0.15) is 0 Å². The van der Waals surface area contributed by atoms with Crippen LogP contribution in [0.5, 0.6) is 0 Å². The predicted octanol–water partition coefficient (Wildman–Crippen LogP) is 0.628. The summed E-state index contributed by atoms with van der Waals surface area (Å²) < 4.78 is 0.890. The smallest absolute Gasteiger partial charge is 0 e. The van der Waals surface area contributed by atoms with Gasteiger partial charge in [-0.2, -0.15) is 0 Å². The first-order valence-corrected chi connectivity index (χ1v) is 7.56. The van der Waals surface area contributed by atoms with Crippen LogP contribution in [0, 0.1) is 0 Å². The summed E-state index contributed by atoms with van der Waals surface area (Å²) in [5.41, 5.74) is 0. The molecule has 0 aromatic rings. The zero-order valence-corrected chi connectivity index (χ0v) is 12.6. The molecule has 0 aliphatic heterocycles. The first kappa shape index (κ1) is 16.2. The molecule has 0 heterocycles. The van der Waals surface area contributed by atoms with Crippen molar-refractivity contribution in [1.29, 1.82) is 0 Å². The standard InChI is InChI=1S/C2H5O.ClH.Nb.Ta.W/c1-2-3;;;;/h3H,1-2H2;1H;;;/q;;;+1;/p-1. The molecule has 0 atom stereocenters. The summed E-state index contributed by atoms with van der Waals surface area (Å²) in [4.78, 5) is 0. The zero-order chi connectivity index (χ0) is 4.12. The molecule has 0 spiro atoms. The molecule has 7 heavy (non-hydrogen) atoms. The number of halogens is 1. The molecule has 0 unspecified atom stereocenters. The zero-order valence-electron chi connectivity index (χ0n) is 3.54. The molecule has 0 aliphatic rings. The second-order valence-electron chi connectivity index (χ2n) is 0.567. The summed E-state index contributed by atoms with van der Waals surface area (Å²) in [7, 11) is 5.32. The van der Waals surface area contributed by atoms with Crippen molar-refractivity contribution >= 4 is 9.19 Å². The Kier molecular flexibility index (Phi) is 36.5. The summed E-state index contributed by atoms with van der Waals surface area (Å²) in [6, 6.07) is 0. The normalized spacial score (nSPS) is 5.43. The SMILES string of the molecule is OC[CH2][Ta][Cl].[Nb].[W]. The van der Waals surface area contributed by atoms with Gasteiger partial charge in [-0.3, -0.25) is 0 Å². The fraction of sp³-hybridized carbons (Fsp3) is 1.00. The Balaban J connectivity index is -0.0000000800. The number of hydrogen-bond acceptors (Lipinski definition) is 1. The van der Waals surface area contributed by atoms with Crippen LogP contribution >= 0.6 is 9.19 Å². The topological polar surface area (TPSA) is 20.2 Å². The van der Waals surface area contributed by atoms with Crippen LogP contribution in [0.2, 0.25) is 4.64 Å². The fourth-order valence-electron chi connectivity index (χ4n) is 0.0378. The van der Waals surface area contributed by atoms with Crippen molar-refractivity contribution in [3.05, 3.63) is 0 Å². The van der Waals surface area contributed by atoms with Gasteiger partial charge >= 0.3 is 44.2 Å². The molecule has 0 saturated carbocycles. The van der Waals surface area contributed by atoms with E-state index in [0.29, 0.717) is 6.61 Å². The Labute approximate surface area is 86.5 Å². The minimum Gasteiger partial charge on any atom is 0 e. The maximum Gasteiger partial charge on any atom is 0 e. The van der Waals surface area contributed by atoms with Crippen molar-refractivity contribution in [2.75, 3.05) is 6.61 Å². The summed E-state index contributed by atoms with van der Waals surface area (Å²) in [5.74, 6) is 0. The maximum atomic E-state index is 8.03. The van der Waals surface area contributed by atoms with Crippen molar-refractivity contribution in [3.8, 4) is 0 Å². The van der Waals surface area contributed by atoms with Gasteiger partial charge in [0.15, 0.2) is 0 Å². The summed E-state index contributed by atoms with van der Waals surface area (Å²) in [6.07, 6.45) is 0. The van der Waals surface area contributed by atoms with Crippen LogP contribution < -0.4 is 0 Å². The third kappa shape index (κ3) is 17.8. The van der Waals surface area contributed by atoms with Gasteiger partial charge in [0, 0.05) is 43.4 Å². The van der Waals surface area contributed by atoms with Gasteiger partial charge in [-0.1, -0.05) is 0 Å². The molecule has 42 valence electrons. The van der Waals surface area contributed by atoms with E-state index in [0.717, 1.165) is 4.64 Å². The largest absolute Gasteiger partial charge is 0 e. The molecule has 1 nitrogen and oxygen atoms in total. The van der Waals surface area contributed by atoms with Crippen LogP contribution in [-0.4, -0.2) is 11.7 Å². The van der Waals surface area contributed by atoms with Crippen molar-refractivity contribution in [1.82, 2.24) is 0 Å². The quantitative estimate of drug-likeness (QED) is 0.512. The Bertz CT molecular complexity index is 25.2. The molecule has 0 aromatic heterocycles. The number of rotatable bonds is 2. The Morgan fingerprint density at radius 2 is 2.00 bits per heavy atom. The summed E-state index contributed by atoms with van der Waals surface area (Å²) in [5, 5.41) is 8.03. The molecule has 0 rings (SSSR count). The van der Waals surface area contributed by atoms with Gasteiger partial charge in [0.1, 0.15) is 0 Å². The minimum atomic E-state index is -0.643. The summed E-state index contributed by atoms with van der Waals surface area (Å²) in [6.45, 7) is 0.292. The van der Waals surface area contributed by atoms with E-state index >= 15 is 0 Å². The Hall–Kier alpha value is 2.42. The van der Waals surface area contributed by atoms with Gasteiger partial charge in [0.25, 0.3) is 0 Å². The van der Waals surface area contributed by atoms with E-state index in [1.165, 1.54) is 0 Å². The molecule has 0 amide bonds. The molecular formula is C2H5ClNbOTaW. The molecule has 1 radical (unpaired) electrons. The van der Waals surface area contributed by atoms with Crippen LogP contribution in [0.15, 0.2) is 0 Å². The van der Waals surface area contributed by atoms with Gasteiger partial charge in [-0.05, 0) is 0 Å². The van der Waals surface area contributed by atoms with E-state index in [9.17, 15) is 0 Å². The molecular weight excluding hydrogens is 533 g/mol. The first-order valence-electron chi connectivity index (χ1n) is 1.30. The van der Waals surface area contributed by atoms with Gasteiger partial charge in [0.2, 0.25) is 0 Å². The van der Waals surface area contributed by atoms with Gasteiger partial charge < -0.3 is 0 Å². The Morgan fingerprint density at radius 1 is 1.57 bits per heavy atom. The fourth-order valence-corrected chi connectivity index (χ4v) is 0.928. The molecule has 0 fully saturated rings. The molecule has 0 saturated heterocycles. The van der Waals surface area contributed by atoms with Crippen LogP contribution in [0.3, 0.4) is 0 Å². The monoisotopic (exact) mass is 538 g/mol. The van der Waals surface area contributed by atoms with E-state index in [1.807, 2.05) is 0 Å². The summed E-state index contributed by atoms with van der Waals surface area (Å²) >= 11 is -0.643. The number of hydrogen-bond donors (Lipinski definition) is 1. The average Bonchev–Trinajstić information content (AvgIpc) is 1.41. The number of aliphatic hydroxyl groups is 1. The maximum absolute atomic E-state index is 8.03. The minimum absolute atomic E-state index is 0. The average molecular weight is 538 g/mol. The van der Waals surface area contributed by atoms with Gasteiger partial charge in [-0.15, -0.1) is 0 Å². The molecule has 0 bridgehead atoms. The molecule has 0 aromatic carbocycles. The third-order valence-corrected chi connectivity index (χ3v) is 2.89. The van der Waals surface area contributed by atoms with Crippen LogP contribution in [0.4, 0.5) is 0 Å². The second kappa shape index (κ2) is 15.8. The van der Waals surface area contributed by atoms with Crippen LogP contribution in [-0.2, 0) is 62.1 Å². The first-order chi connectivity index (χ1) is 2.41. The van der Waals surface area contributed by atoms with Gasteiger partial charge in [0.05, 0.1) is 0 Å². The molecule has 1 N–H and O–H groups in total. The number of aliphatic hydroxyl groups excluding tert-OH is 1. The van der Waals surface area contributed by atoms with Crippen molar-refractivity contribution in [2.45, 2.75) is 4.64 Å². The van der Waals surface area contributed by atoms with E-state index < -0.39 is 18.7 Å². The van der Waals surface area contributed by atoms with E-state index in [1.54, 1.807) is 0 Å². The van der Waals surface area contributed by atoms with Crippen molar-refractivity contribution < 1.29 is 67.2 Å². The molecule has 0 aliphatic carbocycles. The van der Waals surface area contributed by atoms with Crippen molar-refractivity contribution in [2.24, 2.45) is 0 Å². The Morgan fingerprint density at radius 3 is 2.00 bits per heavy atom. The van der Waals surface area contributed by atoms with Crippen LogP contribution in [0.25, 0.3) is 0 Å². The predicted molar refractivity (Wildman–Crippen MR) is 17.7 cm³/mol. The molecule has 5 heteroatoms. The second-order valence-corrected chi connectivity index (χ2v) is 4.99. The van der Waals surface area contributed by atoms with E-state index in [2.05, 4.69) is 0 Å². The van der Waals surface area contributed by atoms with Crippen molar-refractivity contribution in [3.63, 3.8) is 0 Å². The van der Waals surface area contributed by atoms with Gasteiger partial charge in [-0.25, -0.2) is 0 Å².